The third-order valence-electron chi connectivity index (χ3n) is 4.16. The molecule has 2 rings (SSSR count). The first kappa shape index (κ1) is 13.9. The molecule has 5 nitrogen and oxygen atoms in total. The third kappa shape index (κ3) is 2.46. The van der Waals surface area contributed by atoms with Crippen LogP contribution in [0.15, 0.2) is 12.2 Å². The van der Waals surface area contributed by atoms with Crippen molar-refractivity contribution in [2.45, 2.75) is 45.3 Å². The zero-order valence-electron chi connectivity index (χ0n) is 11.9. The Morgan fingerprint density at radius 3 is 2.53 bits per heavy atom. The fourth-order valence-electron chi connectivity index (χ4n) is 3.00. The van der Waals surface area contributed by atoms with Gasteiger partial charge in [-0.2, -0.15) is 0 Å². The van der Waals surface area contributed by atoms with Crippen LogP contribution in [0.5, 0.6) is 0 Å². The maximum atomic E-state index is 12.7. The number of carbonyl (C=O) groups is 2. The number of ether oxygens (including phenoxy) is 1. The molecule has 0 saturated carbocycles. The van der Waals surface area contributed by atoms with Crippen LogP contribution in [0, 0.1) is 11.8 Å². The Morgan fingerprint density at radius 2 is 2.05 bits per heavy atom. The fraction of sp³-hybridized carbons (Fsp3) is 0.714. The SMILES string of the molecule is COC(=O)NC(C(=O)N1C(C)C2C=C[C@H]1C2)C(C)C. The van der Waals surface area contributed by atoms with Crippen molar-refractivity contribution in [2.24, 2.45) is 11.8 Å². The number of alkyl carbamates (subject to hydrolysis) is 1. The highest BCUT2D eigenvalue weighted by Crippen LogP contribution is 2.37. The van der Waals surface area contributed by atoms with Crippen LogP contribution in [-0.4, -0.2) is 42.1 Å². The van der Waals surface area contributed by atoms with Gasteiger partial charge in [-0.1, -0.05) is 26.0 Å². The Bertz CT molecular complexity index is 405. The molecule has 0 spiro atoms. The van der Waals surface area contributed by atoms with Crippen LogP contribution in [0.4, 0.5) is 4.79 Å². The summed E-state index contributed by atoms with van der Waals surface area (Å²) >= 11 is 0. The lowest BCUT2D eigenvalue weighted by atomic mass is 10.00. The Kier molecular flexibility index (Phi) is 3.83. The van der Waals surface area contributed by atoms with Gasteiger partial charge in [0.2, 0.25) is 5.91 Å². The molecule has 4 atom stereocenters. The van der Waals surface area contributed by atoms with Gasteiger partial charge >= 0.3 is 6.09 Å². The van der Waals surface area contributed by atoms with E-state index < -0.39 is 12.1 Å². The first-order valence-electron chi connectivity index (χ1n) is 6.80. The molecule has 2 aliphatic rings. The van der Waals surface area contributed by atoms with E-state index in [1.54, 1.807) is 0 Å². The van der Waals surface area contributed by atoms with E-state index in [-0.39, 0.29) is 23.9 Å². The van der Waals surface area contributed by atoms with Crippen LogP contribution in [0.25, 0.3) is 0 Å². The van der Waals surface area contributed by atoms with Crippen LogP contribution in [0.1, 0.15) is 27.2 Å². The molecule has 1 fully saturated rings. The van der Waals surface area contributed by atoms with Gasteiger partial charge in [0.25, 0.3) is 0 Å². The van der Waals surface area contributed by atoms with E-state index in [4.69, 9.17) is 0 Å². The van der Waals surface area contributed by atoms with Crippen molar-refractivity contribution in [1.82, 2.24) is 10.2 Å². The Morgan fingerprint density at radius 1 is 1.37 bits per heavy atom. The van der Waals surface area contributed by atoms with Crippen LogP contribution >= 0.6 is 0 Å². The lowest BCUT2D eigenvalue weighted by Crippen LogP contribution is -2.54. The van der Waals surface area contributed by atoms with Crippen molar-refractivity contribution in [1.29, 1.82) is 0 Å². The summed E-state index contributed by atoms with van der Waals surface area (Å²) in [6.45, 7) is 5.92. The number of nitrogens with one attached hydrogen (secondary N) is 1. The van der Waals surface area contributed by atoms with Gasteiger partial charge in [0.15, 0.2) is 0 Å². The van der Waals surface area contributed by atoms with Crippen LogP contribution in [0.2, 0.25) is 0 Å². The van der Waals surface area contributed by atoms with Gasteiger partial charge < -0.3 is 15.0 Å². The molecule has 1 aliphatic heterocycles. The molecule has 106 valence electrons. The maximum Gasteiger partial charge on any atom is 0.407 e. The summed E-state index contributed by atoms with van der Waals surface area (Å²) in [4.78, 5) is 25.9. The van der Waals surface area contributed by atoms with Crippen molar-refractivity contribution in [3.8, 4) is 0 Å². The van der Waals surface area contributed by atoms with Gasteiger partial charge in [0, 0.05) is 6.04 Å². The molecule has 0 aromatic carbocycles. The van der Waals surface area contributed by atoms with Crippen molar-refractivity contribution in [3.05, 3.63) is 12.2 Å². The zero-order valence-corrected chi connectivity index (χ0v) is 11.9. The predicted octanol–water partition coefficient (Wildman–Crippen LogP) is 1.54. The van der Waals surface area contributed by atoms with E-state index in [2.05, 4.69) is 29.1 Å². The molecule has 19 heavy (non-hydrogen) atoms. The third-order valence-corrected chi connectivity index (χ3v) is 4.16. The maximum absolute atomic E-state index is 12.7. The van der Waals surface area contributed by atoms with E-state index in [1.807, 2.05) is 18.7 Å². The van der Waals surface area contributed by atoms with E-state index in [1.165, 1.54) is 7.11 Å². The molecular formula is C14H22N2O3. The molecule has 3 unspecified atom stereocenters. The number of nitrogens with zero attached hydrogens (tertiary/aromatic N) is 1. The minimum Gasteiger partial charge on any atom is -0.453 e. The largest absolute Gasteiger partial charge is 0.453 e. The number of rotatable bonds is 3. The summed E-state index contributed by atoms with van der Waals surface area (Å²) in [7, 11) is 1.31. The number of methoxy groups -OCH3 is 1. The first-order valence-corrected chi connectivity index (χ1v) is 6.80. The van der Waals surface area contributed by atoms with Crippen LogP contribution in [-0.2, 0) is 9.53 Å². The first-order chi connectivity index (χ1) is 8.95. The molecule has 0 aromatic heterocycles. The highest BCUT2D eigenvalue weighted by atomic mass is 16.5. The second kappa shape index (κ2) is 5.23. The molecule has 1 N–H and O–H groups in total. The number of carbonyl (C=O) groups excluding carboxylic acids is 2. The summed E-state index contributed by atoms with van der Waals surface area (Å²) in [5.74, 6) is 0.478. The predicted molar refractivity (Wildman–Crippen MR) is 71.5 cm³/mol. The Hall–Kier alpha value is -1.52. The molecule has 5 heteroatoms. The minimum absolute atomic E-state index is 0.00949. The fourth-order valence-corrected chi connectivity index (χ4v) is 3.00. The Labute approximate surface area is 114 Å². The molecule has 1 aliphatic carbocycles. The highest BCUT2D eigenvalue weighted by molar-refractivity contribution is 5.87. The van der Waals surface area contributed by atoms with Gasteiger partial charge in [-0.05, 0) is 25.2 Å². The summed E-state index contributed by atoms with van der Waals surface area (Å²) < 4.78 is 4.60. The Balaban J connectivity index is 2.12. The molecule has 0 radical (unpaired) electrons. The van der Waals surface area contributed by atoms with Crippen molar-refractivity contribution < 1.29 is 14.3 Å². The van der Waals surface area contributed by atoms with Crippen molar-refractivity contribution in [2.75, 3.05) is 7.11 Å². The molecule has 1 saturated heterocycles. The monoisotopic (exact) mass is 266 g/mol. The normalized spacial score (nSPS) is 29.7. The number of amides is 2. The average molecular weight is 266 g/mol. The van der Waals surface area contributed by atoms with Gasteiger partial charge in [-0.25, -0.2) is 4.79 Å². The van der Waals surface area contributed by atoms with Crippen molar-refractivity contribution in [3.63, 3.8) is 0 Å². The molecular weight excluding hydrogens is 244 g/mol. The lowest BCUT2D eigenvalue weighted by molar-refractivity contribution is -0.136. The topological polar surface area (TPSA) is 58.6 Å². The van der Waals surface area contributed by atoms with Crippen LogP contribution < -0.4 is 5.32 Å². The van der Waals surface area contributed by atoms with E-state index >= 15 is 0 Å². The van der Waals surface area contributed by atoms with Gasteiger partial charge in [0.05, 0.1) is 13.2 Å². The summed E-state index contributed by atoms with van der Waals surface area (Å²) in [6, 6.07) is -0.126. The number of fused-ring (bicyclic) bond motifs is 2. The highest BCUT2D eigenvalue weighted by Gasteiger charge is 2.45. The van der Waals surface area contributed by atoms with Crippen LogP contribution in [0.3, 0.4) is 0 Å². The standard InChI is InChI=1S/C14H22N2O3/c1-8(2)12(15-14(18)19-4)13(17)16-9(3)10-5-6-11(16)7-10/h5-6,8-12H,7H2,1-4H3,(H,15,18)/t9?,10?,11-,12?/m0/s1. The second-order valence-corrected chi connectivity index (χ2v) is 5.70. The lowest BCUT2D eigenvalue weighted by Gasteiger charge is -2.34. The average Bonchev–Trinajstić information content (AvgIpc) is 2.95. The van der Waals surface area contributed by atoms with E-state index in [9.17, 15) is 9.59 Å². The smallest absolute Gasteiger partial charge is 0.407 e. The zero-order chi connectivity index (χ0) is 14.2. The van der Waals surface area contributed by atoms with Crippen molar-refractivity contribution >= 4 is 12.0 Å². The van der Waals surface area contributed by atoms with E-state index in [0.717, 1.165) is 6.42 Å². The van der Waals surface area contributed by atoms with E-state index in [0.29, 0.717) is 5.92 Å². The molecule has 2 amide bonds. The minimum atomic E-state index is -0.556. The van der Waals surface area contributed by atoms with Gasteiger partial charge in [0.1, 0.15) is 6.04 Å². The summed E-state index contributed by atoms with van der Waals surface area (Å²) in [5, 5.41) is 2.65. The summed E-state index contributed by atoms with van der Waals surface area (Å²) in [6.07, 6.45) is 4.74. The number of likely N-dealkylation sites (tertiary alicyclic amines) is 1. The quantitative estimate of drug-likeness (QED) is 0.788. The number of hydrogen-bond acceptors (Lipinski definition) is 3. The molecule has 2 bridgehead atoms. The van der Waals surface area contributed by atoms with Gasteiger partial charge in [-0.3, -0.25) is 4.79 Å². The number of hydrogen-bond donors (Lipinski definition) is 1. The molecule has 0 aromatic rings. The second-order valence-electron chi connectivity index (χ2n) is 5.70. The summed E-state index contributed by atoms with van der Waals surface area (Å²) in [5.41, 5.74) is 0. The molecule has 1 heterocycles. The van der Waals surface area contributed by atoms with Gasteiger partial charge in [-0.15, -0.1) is 0 Å².